The summed E-state index contributed by atoms with van der Waals surface area (Å²) in [5.41, 5.74) is 0.814. The zero-order chi connectivity index (χ0) is 21.1. The predicted octanol–water partition coefficient (Wildman–Crippen LogP) is 0.907. The van der Waals surface area contributed by atoms with Crippen molar-refractivity contribution in [3.05, 3.63) is 35.9 Å². The smallest absolute Gasteiger partial charge is 0.237 e. The zero-order valence-electron chi connectivity index (χ0n) is 17.8. The molecule has 30 heavy (non-hydrogen) atoms. The highest BCUT2D eigenvalue weighted by atomic mass is 16.5. The molecule has 1 aromatic rings. The van der Waals surface area contributed by atoms with E-state index in [4.69, 9.17) is 4.74 Å². The molecule has 1 aromatic carbocycles. The molecule has 2 heterocycles. The van der Waals surface area contributed by atoms with Gasteiger partial charge in [0.15, 0.2) is 0 Å². The van der Waals surface area contributed by atoms with E-state index in [-0.39, 0.29) is 29.3 Å². The van der Waals surface area contributed by atoms with Gasteiger partial charge in [0, 0.05) is 39.3 Å². The molecule has 0 bridgehead atoms. The van der Waals surface area contributed by atoms with E-state index < -0.39 is 6.10 Å². The van der Waals surface area contributed by atoms with Gasteiger partial charge in [0.1, 0.15) is 0 Å². The predicted molar refractivity (Wildman–Crippen MR) is 113 cm³/mol. The Kier molecular flexibility index (Phi) is 6.41. The molecule has 2 saturated heterocycles. The SMILES string of the molecule is COCCNC(=O)[C@@H]1C[C@@H](O)CN1C1CCN(C(=O)C2(c3ccccc3)CC2)CC1. The van der Waals surface area contributed by atoms with Crippen LogP contribution in [0, 0.1) is 0 Å². The molecule has 3 aliphatic rings. The fraction of sp³-hybridized carbons (Fsp3) is 0.652. The normalized spacial score (nSPS) is 26.5. The number of hydrogen-bond donors (Lipinski definition) is 2. The lowest BCUT2D eigenvalue weighted by atomic mass is 9.92. The van der Waals surface area contributed by atoms with Gasteiger partial charge in [-0.3, -0.25) is 14.5 Å². The molecule has 2 aliphatic heterocycles. The first-order valence-corrected chi connectivity index (χ1v) is 11.1. The van der Waals surface area contributed by atoms with Crippen LogP contribution in [0.3, 0.4) is 0 Å². The van der Waals surface area contributed by atoms with Crippen LogP contribution in [0.5, 0.6) is 0 Å². The maximum Gasteiger partial charge on any atom is 0.237 e. The van der Waals surface area contributed by atoms with Crippen LogP contribution < -0.4 is 5.32 Å². The summed E-state index contributed by atoms with van der Waals surface area (Å²) in [4.78, 5) is 30.0. The standard InChI is InChI=1S/C23H33N3O4/c1-30-14-11-24-21(28)20-15-19(27)16-26(20)18-7-12-25(13-8-18)22(29)23(9-10-23)17-5-3-2-4-6-17/h2-6,18-20,27H,7-16H2,1H3,(H,24,28)/t19-,20+/m1/s1. The number of aliphatic hydroxyl groups excluding tert-OH is 1. The molecule has 3 fully saturated rings. The summed E-state index contributed by atoms with van der Waals surface area (Å²) in [6.07, 6.45) is 3.52. The van der Waals surface area contributed by atoms with Crippen LogP contribution in [0.1, 0.15) is 37.7 Å². The van der Waals surface area contributed by atoms with Crippen molar-refractivity contribution in [2.75, 3.05) is 39.9 Å². The van der Waals surface area contributed by atoms with Crippen LogP contribution in [0.4, 0.5) is 0 Å². The number of hydrogen-bond acceptors (Lipinski definition) is 5. The van der Waals surface area contributed by atoms with Gasteiger partial charge in [-0.05, 0) is 37.7 Å². The monoisotopic (exact) mass is 415 g/mol. The summed E-state index contributed by atoms with van der Waals surface area (Å²) in [5.74, 6) is 0.214. The van der Waals surface area contributed by atoms with Gasteiger partial charge in [-0.15, -0.1) is 0 Å². The molecule has 1 aliphatic carbocycles. The number of β-amino-alcohol motifs (C(OH)–C–C–N with tert-alkyl or cyclic N) is 1. The molecule has 164 valence electrons. The summed E-state index contributed by atoms with van der Waals surface area (Å²) >= 11 is 0. The number of carbonyl (C=O) groups excluding carboxylic acids is 2. The minimum Gasteiger partial charge on any atom is -0.392 e. The van der Waals surface area contributed by atoms with Gasteiger partial charge < -0.3 is 20.1 Å². The van der Waals surface area contributed by atoms with Crippen molar-refractivity contribution in [3.63, 3.8) is 0 Å². The van der Waals surface area contributed by atoms with Gasteiger partial charge in [0.25, 0.3) is 0 Å². The summed E-state index contributed by atoms with van der Waals surface area (Å²) < 4.78 is 5.00. The van der Waals surface area contributed by atoms with Crippen molar-refractivity contribution in [1.82, 2.24) is 15.1 Å². The van der Waals surface area contributed by atoms with Gasteiger partial charge in [0.2, 0.25) is 11.8 Å². The Morgan fingerprint density at radius 2 is 1.90 bits per heavy atom. The Hall–Kier alpha value is -1.96. The second kappa shape index (κ2) is 9.04. The largest absolute Gasteiger partial charge is 0.392 e. The van der Waals surface area contributed by atoms with E-state index in [1.165, 1.54) is 0 Å². The first-order chi connectivity index (χ1) is 14.5. The second-order valence-electron chi connectivity index (χ2n) is 8.86. The van der Waals surface area contributed by atoms with Crippen LogP contribution in [-0.2, 0) is 19.7 Å². The van der Waals surface area contributed by atoms with E-state index in [9.17, 15) is 14.7 Å². The molecule has 0 aromatic heterocycles. The number of amides is 2. The van der Waals surface area contributed by atoms with Crippen LogP contribution in [0.25, 0.3) is 0 Å². The molecule has 7 nitrogen and oxygen atoms in total. The van der Waals surface area contributed by atoms with Crippen molar-refractivity contribution >= 4 is 11.8 Å². The van der Waals surface area contributed by atoms with E-state index >= 15 is 0 Å². The van der Waals surface area contributed by atoms with E-state index in [2.05, 4.69) is 22.3 Å². The first-order valence-electron chi connectivity index (χ1n) is 11.1. The number of ether oxygens (including phenoxy) is 1. The molecule has 2 N–H and O–H groups in total. The third kappa shape index (κ3) is 4.24. The summed E-state index contributed by atoms with van der Waals surface area (Å²) in [5, 5.41) is 13.1. The van der Waals surface area contributed by atoms with E-state index in [1.54, 1.807) is 7.11 Å². The molecular weight excluding hydrogens is 382 g/mol. The molecule has 4 rings (SSSR count). The number of piperidine rings is 1. The highest BCUT2D eigenvalue weighted by Gasteiger charge is 2.53. The van der Waals surface area contributed by atoms with Crippen LogP contribution in [-0.4, -0.2) is 84.8 Å². The molecule has 1 saturated carbocycles. The Balaban J connectivity index is 1.34. The van der Waals surface area contributed by atoms with Crippen molar-refractivity contribution in [2.24, 2.45) is 0 Å². The molecular formula is C23H33N3O4. The Morgan fingerprint density at radius 3 is 2.53 bits per heavy atom. The summed E-state index contributed by atoms with van der Waals surface area (Å²) in [6.45, 7) is 2.90. The average molecular weight is 416 g/mol. The fourth-order valence-electron chi connectivity index (χ4n) is 5.11. The van der Waals surface area contributed by atoms with Crippen LogP contribution in [0.2, 0.25) is 0 Å². The van der Waals surface area contributed by atoms with Gasteiger partial charge in [-0.2, -0.15) is 0 Å². The molecule has 0 spiro atoms. The van der Waals surface area contributed by atoms with Gasteiger partial charge in [-0.25, -0.2) is 0 Å². The number of nitrogens with zero attached hydrogens (tertiary/aromatic N) is 2. The first kappa shape index (κ1) is 21.3. The number of likely N-dealkylation sites (tertiary alicyclic amines) is 2. The molecule has 2 atom stereocenters. The van der Waals surface area contributed by atoms with E-state index in [0.29, 0.717) is 39.2 Å². The van der Waals surface area contributed by atoms with Gasteiger partial charge >= 0.3 is 0 Å². The van der Waals surface area contributed by atoms with Crippen molar-refractivity contribution < 1.29 is 19.4 Å². The van der Waals surface area contributed by atoms with Crippen molar-refractivity contribution in [2.45, 2.75) is 55.7 Å². The molecule has 2 amide bonds. The van der Waals surface area contributed by atoms with Crippen molar-refractivity contribution in [1.29, 1.82) is 0 Å². The number of nitrogens with one attached hydrogen (secondary N) is 1. The van der Waals surface area contributed by atoms with E-state index in [1.807, 2.05) is 23.1 Å². The Morgan fingerprint density at radius 1 is 1.20 bits per heavy atom. The highest BCUT2D eigenvalue weighted by Crippen LogP contribution is 2.49. The van der Waals surface area contributed by atoms with Crippen LogP contribution >= 0.6 is 0 Å². The van der Waals surface area contributed by atoms with Crippen LogP contribution in [0.15, 0.2) is 30.3 Å². The number of carbonyl (C=O) groups is 2. The third-order valence-electron chi connectivity index (χ3n) is 6.93. The zero-order valence-corrected chi connectivity index (χ0v) is 17.8. The summed E-state index contributed by atoms with van der Waals surface area (Å²) in [6, 6.07) is 10.0. The second-order valence-corrected chi connectivity index (χ2v) is 8.86. The lowest BCUT2D eigenvalue weighted by molar-refractivity contribution is -0.136. The quantitative estimate of drug-likeness (QED) is 0.647. The summed E-state index contributed by atoms with van der Waals surface area (Å²) in [7, 11) is 1.61. The number of rotatable bonds is 7. The van der Waals surface area contributed by atoms with Gasteiger partial charge in [0.05, 0.1) is 24.2 Å². The average Bonchev–Trinajstić information content (AvgIpc) is 3.50. The Bertz CT molecular complexity index is 744. The van der Waals surface area contributed by atoms with Gasteiger partial charge in [-0.1, -0.05) is 30.3 Å². The van der Waals surface area contributed by atoms with E-state index in [0.717, 1.165) is 31.2 Å². The minimum absolute atomic E-state index is 0.0388. The Labute approximate surface area is 178 Å². The minimum atomic E-state index is -0.476. The number of methoxy groups -OCH3 is 1. The number of aliphatic hydroxyl groups is 1. The third-order valence-corrected chi connectivity index (χ3v) is 6.93. The lowest BCUT2D eigenvalue weighted by Crippen LogP contribution is -2.53. The lowest BCUT2D eigenvalue weighted by Gasteiger charge is -2.40. The molecule has 0 radical (unpaired) electrons. The maximum absolute atomic E-state index is 13.3. The fourth-order valence-corrected chi connectivity index (χ4v) is 5.11. The maximum atomic E-state index is 13.3. The highest BCUT2D eigenvalue weighted by molar-refractivity contribution is 5.91. The number of benzene rings is 1. The van der Waals surface area contributed by atoms with Crippen molar-refractivity contribution in [3.8, 4) is 0 Å². The molecule has 7 heteroatoms. The topological polar surface area (TPSA) is 82.1 Å². The molecule has 0 unspecified atom stereocenters.